The molecule has 0 N–H and O–H groups in total. The summed E-state index contributed by atoms with van der Waals surface area (Å²) in [7, 11) is 0. The van der Waals surface area contributed by atoms with Gasteiger partial charge in [0.1, 0.15) is 0 Å². The number of hydrogen-bond acceptors (Lipinski definition) is 4. The number of nitrogens with zero attached hydrogens (tertiary/aromatic N) is 4. The van der Waals surface area contributed by atoms with Crippen molar-refractivity contribution in [3.63, 3.8) is 0 Å². The van der Waals surface area contributed by atoms with Gasteiger partial charge in [0.25, 0.3) is 0 Å². The molecule has 0 aromatic heterocycles. The lowest BCUT2D eigenvalue weighted by molar-refractivity contribution is -0.0473. The quantitative estimate of drug-likeness (QED) is 0.162. The highest BCUT2D eigenvalue weighted by atomic mass is 15.3. The van der Waals surface area contributed by atoms with E-state index in [9.17, 15) is 0 Å². The normalized spacial score (nSPS) is 42.7. The van der Waals surface area contributed by atoms with Crippen molar-refractivity contribution in [3.05, 3.63) is 0 Å². The van der Waals surface area contributed by atoms with Crippen LogP contribution in [0.1, 0.15) is 310 Å². The minimum atomic E-state index is 0.840. The largest absolute Gasteiger partial charge is 0.294 e. The molecule has 0 aliphatic heterocycles. The summed E-state index contributed by atoms with van der Waals surface area (Å²) in [5, 5.41) is 0. The van der Waals surface area contributed by atoms with Crippen LogP contribution in [0.15, 0.2) is 0 Å². The third-order valence-corrected chi connectivity index (χ3v) is 23.9. The minimum absolute atomic E-state index is 0.840. The van der Waals surface area contributed by atoms with Crippen LogP contribution < -0.4 is 0 Å². The van der Waals surface area contributed by atoms with Gasteiger partial charge in [0.15, 0.2) is 0 Å². The van der Waals surface area contributed by atoms with Gasteiger partial charge in [-0.15, -0.1) is 0 Å². The molecule has 10 saturated carbocycles. The highest BCUT2D eigenvalue weighted by Gasteiger charge is 2.46. The van der Waals surface area contributed by atoms with E-state index in [2.05, 4.69) is 47.3 Å². The summed E-state index contributed by atoms with van der Waals surface area (Å²) in [5.41, 5.74) is 0. The van der Waals surface area contributed by atoms with Gasteiger partial charge in [-0.3, -0.25) is 19.6 Å². The van der Waals surface area contributed by atoms with Crippen LogP contribution in [-0.4, -0.2) is 92.1 Å². The predicted octanol–water partition coefficient (Wildman–Crippen LogP) is 17.7. The number of rotatable bonds is 15. The summed E-state index contributed by atoms with van der Waals surface area (Å²) in [5.74, 6) is 5.87. The Kier molecular flexibility index (Phi) is 20.0. The van der Waals surface area contributed by atoms with Crippen molar-refractivity contribution in [3.8, 4) is 0 Å². The average Bonchev–Trinajstić information content (AvgIpc) is 3.39. The zero-order chi connectivity index (χ0) is 47.8. The summed E-state index contributed by atoms with van der Waals surface area (Å²) < 4.78 is 0. The van der Waals surface area contributed by atoms with E-state index in [0.717, 1.165) is 108 Å². The van der Waals surface area contributed by atoms with Crippen molar-refractivity contribution in [1.82, 2.24) is 19.6 Å². The summed E-state index contributed by atoms with van der Waals surface area (Å²) >= 11 is 0. The molecule has 10 rings (SSSR count). The fourth-order valence-corrected chi connectivity index (χ4v) is 20.1. The Hall–Kier alpha value is -0.160. The monoisotopic (exact) mass is 967 g/mol. The summed E-state index contributed by atoms with van der Waals surface area (Å²) in [6, 6.07) is 10.4. The van der Waals surface area contributed by atoms with Gasteiger partial charge < -0.3 is 0 Å². The second-order valence-corrected chi connectivity index (χ2v) is 28.9. The molecule has 6 atom stereocenters. The van der Waals surface area contributed by atoms with Crippen molar-refractivity contribution >= 4 is 0 Å². The van der Waals surface area contributed by atoms with Crippen LogP contribution in [0.2, 0.25) is 0 Å². The molecule has 0 aromatic carbocycles. The van der Waals surface area contributed by atoms with Crippen molar-refractivity contribution in [2.24, 2.45) is 35.5 Å². The predicted molar refractivity (Wildman–Crippen MR) is 300 cm³/mol. The first-order valence-electron chi connectivity index (χ1n) is 33.4. The van der Waals surface area contributed by atoms with Gasteiger partial charge >= 0.3 is 0 Å². The fourth-order valence-electron chi connectivity index (χ4n) is 20.1. The van der Waals surface area contributed by atoms with E-state index in [1.54, 1.807) is 12.8 Å². The molecule has 0 heterocycles. The highest BCUT2D eigenvalue weighted by molar-refractivity contribution is 5.01. The first-order valence-corrected chi connectivity index (χ1v) is 33.4. The van der Waals surface area contributed by atoms with Gasteiger partial charge in [-0.25, -0.2) is 0 Å². The van der Waals surface area contributed by atoms with Gasteiger partial charge in [0, 0.05) is 72.5 Å². The van der Waals surface area contributed by atoms with Gasteiger partial charge in [-0.1, -0.05) is 143 Å². The van der Waals surface area contributed by atoms with Gasteiger partial charge in [0.2, 0.25) is 0 Å². The van der Waals surface area contributed by atoms with Crippen LogP contribution in [0.3, 0.4) is 0 Å². The third kappa shape index (κ3) is 13.7. The van der Waals surface area contributed by atoms with E-state index >= 15 is 0 Å². The maximum Gasteiger partial charge on any atom is 0.0104 e. The summed E-state index contributed by atoms with van der Waals surface area (Å²) in [6.45, 7) is 10.3. The average molecular weight is 968 g/mol. The van der Waals surface area contributed by atoms with Crippen molar-refractivity contribution in [2.45, 2.75) is 383 Å². The molecular formula is C66H118N4. The Balaban J connectivity index is 0.826. The van der Waals surface area contributed by atoms with Crippen molar-refractivity contribution in [1.29, 1.82) is 0 Å². The van der Waals surface area contributed by atoms with Gasteiger partial charge in [0.05, 0.1) is 0 Å². The Morgan fingerprint density at radius 1 is 0.200 bits per heavy atom. The standard InChI is InChI=1S/C66H118N4/c1-49-24-26-53(27-25-49)28-29-54-30-32-57(33-31-54)70(66-23-13-16-52(4)48-66)63-44-38-60(39-45-63)67(58-34-40-61(41-35-58)68(55-17-7-5-8-18-55)64-21-11-14-50(2)46-64)59-36-42-62(43-37-59)69(56-19-9-6-10-20-56)65-22-12-15-51(3)47-65/h49-66H,5-48H2,1-4H3. The molecule has 6 unspecified atom stereocenters. The van der Waals surface area contributed by atoms with E-state index in [4.69, 9.17) is 0 Å². The van der Waals surface area contributed by atoms with Crippen LogP contribution in [0.4, 0.5) is 0 Å². The Bertz CT molecular complexity index is 1400. The summed E-state index contributed by atoms with van der Waals surface area (Å²) in [4.78, 5) is 13.3. The van der Waals surface area contributed by atoms with Crippen molar-refractivity contribution < 1.29 is 0 Å². The van der Waals surface area contributed by atoms with Gasteiger partial charge in [-0.2, -0.15) is 0 Å². The van der Waals surface area contributed by atoms with Crippen LogP contribution in [-0.2, 0) is 0 Å². The maximum atomic E-state index is 3.41. The maximum absolute atomic E-state index is 3.41. The molecule has 0 aromatic rings. The van der Waals surface area contributed by atoms with Crippen LogP contribution in [0.25, 0.3) is 0 Å². The molecule has 0 saturated heterocycles. The molecule has 0 spiro atoms. The highest BCUT2D eigenvalue weighted by Crippen LogP contribution is 2.46. The lowest BCUT2D eigenvalue weighted by Crippen LogP contribution is -2.59. The molecule has 4 heteroatoms. The van der Waals surface area contributed by atoms with Crippen LogP contribution >= 0.6 is 0 Å². The van der Waals surface area contributed by atoms with Crippen LogP contribution in [0, 0.1) is 35.5 Å². The molecule has 10 aliphatic carbocycles. The van der Waals surface area contributed by atoms with E-state index < -0.39 is 0 Å². The minimum Gasteiger partial charge on any atom is -0.294 e. The lowest BCUT2D eigenvalue weighted by Gasteiger charge is -2.55. The number of hydrogen-bond donors (Lipinski definition) is 0. The summed E-state index contributed by atoms with van der Waals surface area (Å²) in [6.07, 6.45) is 66.1. The fraction of sp³-hybridized carbons (Fsp3) is 1.00. The Labute approximate surface area is 435 Å². The molecule has 4 nitrogen and oxygen atoms in total. The van der Waals surface area contributed by atoms with E-state index in [0.29, 0.717) is 0 Å². The molecule has 0 bridgehead atoms. The molecule has 0 amide bonds. The first-order chi connectivity index (χ1) is 34.3. The smallest absolute Gasteiger partial charge is 0.0104 e. The van der Waals surface area contributed by atoms with Crippen LogP contribution in [0.5, 0.6) is 0 Å². The first kappa shape index (κ1) is 53.2. The third-order valence-electron chi connectivity index (χ3n) is 23.9. The molecule has 402 valence electrons. The lowest BCUT2D eigenvalue weighted by atomic mass is 9.75. The second kappa shape index (κ2) is 26.3. The zero-order valence-electron chi connectivity index (χ0n) is 47.3. The molecule has 10 aliphatic rings. The van der Waals surface area contributed by atoms with Gasteiger partial charge in [-0.05, 0) is 202 Å². The van der Waals surface area contributed by atoms with Crippen molar-refractivity contribution in [2.75, 3.05) is 0 Å². The SMILES string of the molecule is CC1CCC(CCC2CCC(N(C3CCC(N(C4CCC(N(C5CCCCC5)C5CCCC(C)C5)CC4)C4CCC(N(C5CCCCC5)C5CCCC(C)C5)CC4)CC3)C3CCCC(C)C3)CC2)CC1. The molecule has 70 heavy (non-hydrogen) atoms. The van der Waals surface area contributed by atoms with E-state index in [1.807, 2.05) is 0 Å². The topological polar surface area (TPSA) is 13.0 Å². The molecular weight excluding hydrogens is 849 g/mol. The second-order valence-electron chi connectivity index (χ2n) is 28.9. The Morgan fingerprint density at radius 3 is 0.714 bits per heavy atom. The molecule has 0 radical (unpaired) electrons. The zero-order valence-corrected chi connectivity index (χ0v) is 47.3. The molecule has 10 fully saturated rings. The Morgan fingerprint density at radius 2 is 0.429 bits per heavy atom. The van der Waals surface area contributed by atoms with E-state index in [-0.39, 0.29) is 0 Å². The van der Waals surface area contributed by atoms with E-state index in [1.165, 1.54) is 270 Å².